The zero-order valence-electron chi connectivity index (χ0n) is 14.0. The Hall–Kier alpha value is -2.00. The summed E-state index contributed by atoms with van der Waals surface area (Å²) in [5.41, 5.74) is 2.02. The molecule has 1 saturated heterocycles. The Bertz CT molecular complexity index is 674. The lowest BCUT2D eigenvalue weighted by atomic mass is 10.1. The van der Waals surface area contributed by atoms with Gasteiger partial charge in [0.15, 0.2) is 0 Å². The molecule has 0 spiro atoms. The van der Waals surface area contributed by atoms with Crippen molar-refractivity contribution in [1.29, 1.82) is 0 Å². The molecule has 0 saturated carbocycles. The van der Waals surface area contributed by atoms with Crippen molar-refractivity contribution in [3.8, 4) is 5.75 Å². The van der Waals surface area contributed by atoms with E-state index >= 15 is 0 Å². The molecule has 1 N–H and O–H groups in total. The molecule has 2 aromatic carbocycles. The van der Waals surface area contributed by atoms with Gasteiger partial charge >= 0.3 is 0 Å². The van der Waals surface area contributed by atoms with Gasteiger partial charge in [0.1, 0.15) is 12.4 Å². The molecule has 122 valence electrons. The van der Waals surface area contributed by atoms with Crippen molar-refractivity contribution in [1.82, 2.24) is 4.90 Å². The first-order valence-electron chi connectivity index (χ1n) is 8.53. The Balaban J connectivity index is 1.72. The van der Waals surface area contributed by atoms with Crippen molar-refractivity contribution in [2.75, 3.05) is 31.6 Å². The Kier molecular flexibility index (Phi) is 5.19. The molecule has 2 aromatic rings. The quantitative estimate of drug-likeness (QED) is 0.840. The van der Waals surface area contributed by atoms with Gasteiger partial charge in [0, 0.05) is 28.7 Å². The second kappa shape index (κ2) is 7.51. The lowest BCUT2D eigenvalue weighted by Crippen LogP contribution is -2.33. The maximum atomic E-state index is 6.09. The minimum Gasteiger partial charge on any atom is -0.492 e. The second-order valence-corrected chi connectivity index (χ2v) is 6.31. The van der Waals surface area contributed by atoms with Gasteiger partial charge in [0.2, 0.25) is 0 Å². The molecule has 0 unspecified atom stereocenters. The molecule has 1 aliphatic heterocycles. The molecule has 3 heteroatoms. The van der Waals surface area contributed by atoms with Crippen LogP contribution in [0.2, 0.25) is 0 Å². The standard InChI is InChI=1S/C20H26N2O/c1-16(2)21-19-10-11-20(18-9-5-4-8-17(18)19)23-15-14-22-12-6-3-7-13-22/h4-5,8-11,21H,1,3,6-7,12-15H2,2H3. The van der Waals surface area contributed by atoms with Crippen LogP contribution in [0.3, 0.4) is 0 Å². The number of likely N-dealkylation sites (tertiary alicyclic amines) is 1. The summed E-state index contributed by atoms with van der Waals surface area (Å²) >= 11 is 0. The van der Waals surface area contributed by atoms with Gasteiger partial charge in [-0.15, -0.1) is 0 Å². The molecule has 0 amide bonds. The van der Waals surface area contributed by atoms with E-state index in [9.17, 15) is 0 Å². The SMILES string of the molecule is C=C(C)Nc1ccc(OCCN2CCCCC2)c2ccccc12. The monoisotopic (exact) mass is 310 g/mol. The summed E-state index contributed by atoms with van der Waals surface area (Å²) in [4.78, 5) is 2.50. The smallest absolute Gasteiger partial charge is 0.127 e. The number of fused-ring (bicyclic) bond motifs is 1. The Morgan fingerprint density at radius 2 is 1.83 bits per heavy atom. The van der Waals surface area contributed by atoms with Crippen LogP contribution in [0, 0.1) is 0 Å². The lowest BCUT2D eigenvalue weighted by molar-refractivity contribution is 0.184. The normalized spacial score (nSPS) is 15.5. The van der Waals surface area contributed by atoms with Gasteiger partial charge in [0.25, 0.3) is 0 Å². The van der Waals surface area contributed by atoms with Crippen LogP contribution in [0.15, 0.2) is 48.7 Å². The third-order valence-electron chi connectivity index (χ3n) is 4.35. The fourth-order valence-electron chi connectivity index (χ4n) is 3.20. The number of piperidine rings is 1. The summed E-state index contributed by atoms with van der Waals surface area (Å²) in [6.45, 7) is 10.1. The highest BCUT2D eigenvalue weighted by atomic mass is 16.5. The molecule has 0 bridgehead atoms. The largest absolute Gasteiger partial charge is 0.492 e. The second-order valence-electron chi connectivity index (χ2n) is 6.31. The topological polar surface area (TPSA) is 24.5 Å². The van der Waals surface area contributed by atoms with E-state index in [-0.39, 0.29) is 0 Å². The number of hydrogen-bond donors (Lipinski definition) is 1. The van der Waals surface area contributed by atoms with Crippen molar-refractivity contribution in [2.24, 2.45) is 0 Å². The summed E-state index contributed by atoms with van der Waals surface area (Å²) in [6.07, 6.45) is 4.02. The highest BCUT2D eigenvalue weighted by Gasteiger charge is 2.11. The van der Waals surface area contributed by atoms with Crippen LogP contribution >= 0.6 is 0 Å². The van der Waals surface area contributed by atoms with Gasteiger partial charge in [-0.25, -0.2) is 0 Å². The third-order valence-corrected chi connectivity index (χ3v) is 4.35. The summed E-state index contributed by atoms with van der Waals surface area (Å²) in [5.74, 6) is 0.963. The van der Waals surface area contributed by atoms with E-state index in [0.29, 0.717) is 0 Å². The number of hydrogen-bond acceptors (Lipinski definition) is 3. The number of benzene rings is 2. The first-order chi connectivity index (χ1) is 11.2. The molecule has 1 fully saturated rings. The van der Waals surface area contributed by atoms with Gasteiger partial charge in [0.05, 0.1) is 0 Å². The van der Waals surface area contributed by atoms with Crippen LogP contribution in [-0.2, 0) is 0 Å². The fourth-order valence-corrected chi connectivity index (χ4v) is 3.20. The molecule has 1 heterocycles. The maximum absolute atomic E-state index is 6.09. The number of anilines is 1. The van der Waals surface area contributed by atoms with E-state index < -0.39 is 0 Å². The van der Waals surface area contributed by atoms with E-state index in [1.165, 1.54) is 37.7 Å². The number of nitrogens with one attached hydrogen (secondary N) is 1. The molecule has 1 aliphatic rings. The molecule has 3 nitrogen and oxygen atoms in total. The predicted molar refractivity (Wildman–Crippen MR) is 98.2 cm³/mol. The first kappa shape index (κ1) is 15.9. The van der Waals surface area contributed by atoms with Gasteiger partial charge in [-0.1, -0.05) is 37.3 Å². The van der Waals surface area contributed by atoms with Crippen molar-refractivity contribution in [2.45, 2.75) is 26.2 Å². The fraction of sp³-hybridized carbons (Fsp3) is 0.400. The van der Waals surface area contributed by atoms with Crippen LogP contribution < -0.4 is 10.1 Å². The number of rotatable bonds is 6. The molecule has 0 atom stereocenters. The molecule has 23 heavy (non-hydrogen) atoms. The molecular formula is C20H26N2O. The zero-order valence-corrected chi connectivity index (χ0v) is 14.0. The van der Waals surface area contributed by atoms with Crippen LogP contribution in [-0.4, -0.2) is 31.1 Å². The molecule has 0 aliphatic carbocycles. The molecule has 0 aromatic heterocycles. The van der Waals surface area contributed by atoms with Gasteiger partial charge in [-0.05, 0) is 45.0 Å². The predicted octanol–water partition coefficient (Wildman–Crippen LogP) is 4.65. The summed E-state index contributed by atoms with van der Waals surface area (Å²) in [5, 5.41) is 5.65. The summed E-state index contributed by atoms with van der Waals surface area (Å²) in [6, 6.07) is 12.5. The van der Waals surface area contributed by atoms with Crippen molar-refractivity contribution in [3.63, 3.8) is 0 Å². The van der Waals surface area contributed by atoms with E-state index in [1.807, 2.05) is 6.92 Å². The molecular weight excluding hydrogens is 284 g/mol. The molecule has 3 rings (SSSR count). The highest BCUT2D eigenvalue weighted by Crippen LogP contribution is 2.32. The van der Waals surface area contributed by atoms with E-state index in [2.05, 4.69) is 53.2 Å². The Morgan fingerprint density at radius 3 is 2.57 bits per heavy atom. The Labute approximate surface area is 138 Å². The summed E-state index contributed by atoms with van der Waals surface area (Å²) < 4.78 is 6.09. The maximum Gasteiger partial charge on any atom is 0.127 e. The van der Waals surface area contributed by atoms with E-state index in [1.54, 1.807) is 0 Å². The van der Waals surface area contributed by atoms with E-state index in [0.717, 1.165) is 35.7 Å². The van der Waals surface area contributed by atoms with Crippen LogP contribution in [0.25, 0.3) is 10.8 Å². The number of nitrogens with zero attached hydrogens (tertiary/aromatic N) is 1. The minimum absolute atomic E-state index is 0.747. The van der Waals surface area contributed by atoms with Gasteiger partial charge < -0.3 is 10.1 Å². The van der Waals surface area contributed by atoms with Crippen LogP contribution in [0.5, 0.6) is 5.75 Å². The third kappa shape index (κ3) is 4.05. The minimum atomic E-state index is 0.747. The number of ether oxygens (including phenoxy) is 1. The summed E-state index contributed by atoms with van der Waals surface area (Å²) in [7, 11) is 0. The Morgan fingerprint density at radius 1 is 1.09 bits per heavy atom. The van der Waals surface area contributed by atoms with Crippen molar-refractivity contribution >= 4 is 16.5 Å². The highest BCUT2D eigenvalue weighted by molar-refractivity contribution is 5.98. The molecule has 0 radical (unpaired) electrons. The van der Waals surface area contributed by atoms with Crippen molar-refractivity contribution in [3.05, 3.63) is 48.7 Å². The zero-order chi connectivity index (χ0) is 16.1. The van der Waals surface area contributed by atoms with E-state index in [4.69, 9.17) is 4.74 Å². The van der Waals surface area contributed by atoms with Gasteiger partial charge in [-0.3, -0.25) is 4.90 Å². The lowest BCUT2D eigenvalue weighted by Gasteiger charge is -2.26. The first-order valence-corrected chi connectivity index (χ1v) is 8.53. The van der Waals surface area contributed by atoms with Crippen LogP contribution in [0.4, 0.5) is 5.69 Å². The van der Waals surface area contributed by atoms with Crippen LogP contribution in [0.1, 0.15) is 26.2 Å². The average Bonchev–Trinajstić information content (AvgIpc) is 2.57. The van der Waals surface area contributed by atoms with Crippen molar-refractivity contribution < 1.29 is 4.74 Å². The average molecular weight is 310 g/mol. The van der Waals surface area contributed by atoms with Gasteiger partial charge in [-0.2, -0.15) is 0 Å². The number of allylic oxidation sites excluding steroid dienone is 1.